The highest BCUT2D eigenvalue weighted by Crippen LogP contribution is 2.31. The van der Waals surface area contributed by atoms with Crippen LogP contribution in [0.3, 0.4) is 0 Å². The van der Waals surface area contributed by atoms with E-state index in [0.717, 1.165) is 0 Å². The van der Waals surface area contributed by atoms with Gasteiger partial charge in [0.25, 0.3) is 0 Å². The SMILES string of the molecule is C=C(O)CC(=O)OC1COC2C(OC(=O)CC(=O)O)COC12.O=C(O)CC(=O)OC1COC2C(OO)COC12. The van der Waals surface area contributed by atoms with E-state index in [1.54, 1.807) is 0 Å². The van der Waals surface area contributed by atoms with Crippen molar-refractivity contribution in [3.63, 3.8) is 0 Å². The minimum atomic E-state index is -1.29. The molecular formula is C22H28O17. The van der Waals surface area contributed by atoms with E-state index in [0.29, 0.717) is 0 Å². The van der Waals surface area contributed by atoms with Crippen LogP contribution in [0.4, 0.5) is 0 Å². The zero-order valence-corrected chi connectivity index (χ0v) is 20.4. The Morgan fingerprint density at radius 1 is 0.590 bits per heavy atom. The lowest BCUT2D eigenvalue weighted by Gasteiger charge is -2.17. The molecule has 0 spiro atoms. The summed E-state index contributed by atoms with van der Waals surface area (Å²) >= 11 is 0. The quantitative estimate of drug-likeness (QED) is 0.0594. The van der Waals surface area contributed by atoms with Gasteiger partial charge < -0.3 is 48.5 Å². The second-order valence-corrected chi connectivity index (χ2v) is 8.80. The maximum absolute atomic E-state index is 11.5. The van der Waals surface area contributed by atoms with Gasteiger partial charge in [-0.2, -0.15) is 0 Å². The summed E-state index contributed by atoms with van der Waals surface area (Å²) < 4.78 is 36.4. The van der Waals surface area contributed by atoms with Gasteiger partial charge in [0.2, 0.25) is 0 Å². The number of carbonyl (C=O) groups is 5. The first kappa shape index (κ1) is 30.2. The van der Waals surface area contributed by atoms with Crippen LogP contribution in [0.2, 0.25) is 0 Å². The van der Waals surface area contributed by atoms with Gasteiger partial charge in [0.15, 0.2) is 18.3 Å². The lowest BCUT2D eigenvalue weighted by Crippen LogP contribution is -2.36. The van der Waals surface area contributed by atoms with Crippen molar-refractivity contribution in [2.45, 2.75) is 68.1 Å². The van der Waals surface area contributed by atoms with Gasteiger partial charge in [-0.25, -0.2) is 4.89 Å². The van der Waals surface area contributed by atoms with Gasteiger partial charge >= 0.3 is 29.8 Å². The number of fused-ring (bicyclic) bond motifs is 2. The Kier molecular flexibility index (Phi) is 10.6. The van der Waals surface area contributed by atoms with Crippen molar-refractivity contribution >= 4 is 29.8 Å². The van der Waals surface area contributed by atoms with Crippen LogP contribution in [0.5, 0.6) is 0 Å². The van der Waals surface area contributed by atoms with E-state index in [4.69, 9.17) is 53.7 Å². The third-order valence-electron chi connectivity index (χ3n) is 5.85. The molecule has 0 aromatic rings. The predicted octanol–water partition coefficient (Wildman–Crippen LogP) is -1.43. The van der Waals surface area contributed by atoms with E-state index in [-0.39, 0.29) is 38.6 Å². The summed E-state index contributed by atoms with van der Waals surface area (Å²) in [4.78, 5) is 58.8. The van der Waals surface area contributed by atoms with E-state index in [1.165, 1.54) is 0 Å². The summed E-state index contributed by atoms with van der Waals surface area (Å²) in [5.41, 5.74) is 0. The standard InChI is InChI=1S/C13H16O9.C9H12O8/c1-6(14)2-10(17)21-7-4-19-13-8(5-20-12(7)13)22-11(18)3-9(15)16;10-6(11)1-7(12)16-4-2-14-9-5(17-13)3-15-8(4)9/h7-8,12-14H,1-5H2,(H,15,16);4-5,8-9,13H,1-3H2,(H,10,11). The molecule has 4 fully saturated rings. The van der Waals surface area contributed by atoms with Crippen molar-refractivity contribution in [2.24, 2.45) is 0 Å². The van der Waals surface area contributed by atoms with Crippen LogP contribution in [0.1, 0.15) is 19.3 Å². The number of rotatable bonds is 10. The summed E-state index contributed by atoms with van der Waals surface area (Å²) in [6.45, 7) is 3.52. The monoisotopic (exact) mass is 564 g/mol. The Hall–Kier alpha value is -3.35. The lowest BCUT2D eigenvalue weighted by molar-refractivity contribution is -0.291. The number of hydrogen-bond acceptors (Lipinski definition) is 15. The molecule has 0 aliphatic carbocycles. The Morgan fingerprint density at radius 3 is 1.21 bits per heavy atom. The van der Waals surface area contributed by atoms with Gasteiger partial charge in [-0.1, -0.05) is 6.58 Å². The van der Waals surface area contributed by atoms with E-state index in [9.17, 15) is 24.0 Å². The largest absolute Gasteiger partial charge is 0.512 e. The highest BCUT2D eigenvalue weighted by atomic mass is 17.1. The van der Waals surface area contributed by atoms with Gasteiger partial charge in [0.05, 0.1) is 32.2 Å². The van der Waals surface area contributed by atoms with E-state index in [1.807, 2.05) is 0 Å². The third-order valence-corrected chi connectivity index (χ3v) is 5.85. The summed E-state index contributed by atoms with van der Waals surface area (Å²) in [6.07, 6.45) is -6.70. The number of carboxylic acids is 2. The lowest BCUT2D eigenvalue weighted by atomic mass is 10.1. The zero-order chi connectivity index (χ0) is 28.7. The third kappa shape index (κ3) is 8.32. The van der Waals surface area contributed by atoms with Crippen molar-refractivity contribution < 1.29 is 82.6 Å². The molecule has 218 valence electrons. The smallest absolute Gasteiger partial charge is 0.317 e. The number of ether oxygens (including phenoxy) is 7. The first-order valence-corrected chi connectivity index (χ1v) is 11.6. The van der Waals surface area contributed by atoms with Gasteiger partial charge in [-0.05, 0) is 0 Å². The molecule has 4 aliphatic rings. The summed E-state index contributed by atoms with van der Waals surface area (Å²) in [5, 5.41) is 34.4. The fraction of sp³-hybridized carbons (Fsp3) is 0.682. The Labute approximate surface area is 220 Å². The number of aliphatic hydroxyl groups is 1. The van der Waals surface area contributed by atoms with Gasteiger partial charge in [-0.15, -0.1) is 0 Å². The predicted molar refractivity (Wildman–Crippen MR) is 117 cm³/mol. The number of esters is 3. The van der Waals surface area contributed by atoms with E-state index < -0.39 is 91.5 Å². The topological polar surface area (TPSA) is 240 Å². The molecule has 0 radical (unpaired) electrons. The van der Waals surface area contributed by atoms with E-state index in [2.05, 4.69) is 11.5 Å². The number of aliphatic hydroxyl groups excluding tert-OH is 1. The molecular weight excluding hydrogens is 536 g/mol. The van der Waals surface area contributed by atoms with Crippen molar-refractivity contribution in [1.29, 1.82) is 0 Å². The molecule has 4 saturated heterocycles. The number of carboxylic acid groups (broad SMARTS) is 2. The average Bonchev–Trinajstić information content (AvgIpc) is 3.58. The van der Waals surface area contributed by atoms with Crippen LogP contribution in [-0.2, 0) is 62.0 Å². The van der Waals surface area contributed by atoms with Crippen molar-refractivity contribution in [2.75, 3.05) is 26.4 Å². The van der Waals surface area contributed by atoms with Crippen LogP contribution in [0.15, 0.2) is 12.3 Å². The molecule has 0 bridgehead atoms. The van der Waals surface area contributed by atoms with Crippen LogP contribution in [0.25, 0.3) is 0 Å². The Balaban J connectivity index is 0.000000223. The van der Waals surface area contributed by atoms with Crippen molar-refractivity contribution in [3.8, 4) is 0 Å². The minimum absolute atomic E-state index is 0.0292. The van der Waals surface area contributed by atoms with Crippen LogP contribution >= 0.6 is 0 Å². The molecule has 0 aromatic carbocycles. The molecule has 17 heteroatoms. The minimum Gasteiger partial charge on any atom is -0.512 e. The van der Waals surface area contributed by atoms with Crippen LogP contribution in [0, 0.1) is 0 Å². The number of hydrogen-bond donors (Lipinski definition) is 4. The summed E-state index contributed by atoms with van der Waals surface area (Å²) in [6, 6.07) is 0. The second-order valence-electron chi connectivity index (χ2n) is 8.80. The molecule has 4 heterocycles. The molecule has 0 amide bonds. The van der Waals surface area contributed by atoms with Gasteiger partial charge in [0.1, 0.15) is 49.8 Å². The molecule has 8 unspecified atom stereocenters. The fourth-order valence-electron chi connectivity index (χ4n) is 4.30. The van der Waals surface area contributed by atoms with Crippen molar-refractivity contribution in [3.05, 3.63) is 12.3 Å². The number of carbonyl (C=O) groups excluding carboxylic acids is 3. The maximum atomic E-state index is 11.5. The fourth-order valence-corrected chi connectivity index (χ4v) is 4.30. The average molecular weight is 564 g/mol. The Bertz CT molecular complexity index is 905. The maximum Gasteiger partial charge on any atom is 0.317 e. The van der Waals surface area contributed by atoms with E-state index >= 15 is 0 Å². The second kappa shape index (κ2) is 13.6. The van der Waals surface area contributed by atoms with Gasteiger partial charge in [-0.3, -0.25) is 29.2 Å². The first-order valence-electron chi connectivity index (χ1n) is 11.6. The molecule has 0 saturated carbocycles. The number of aliphatic carboxylic acids is 2. The summed E-state index contributed by atoms with van der Waals surface area (Å²) in [5.74, 6) is -5.26. The molecule has 39 heavy (non-hydrogen) atoms. The molecule has 4 aliphatic heterocycles. The van der Waals surface area contributed by atoms with Crippen LogP contribution < -0.4 is 0 Å². The Morgan fingerprint density at radius 2 is 0.897 bits per heavy atom. The normalized spacial score (nSPS) is 32.2. The van der Waals surface area contributed by atoms with Crippen LogP contribution in [-0.4, -0.2) is 126 Å². The zero-order valence-electron chi connectivity index (χ0n) is 20.4. The highest BCUT2D eigenvalue weighted by Gasteiger charge is 2.52. The van der Waals surface area contributed by atoms with Gasteiger partial charge in [0, 0.05) is 0 Å². The summed E-state index contributed by atoms with van der Waals surface area (Å²) in [7, 11) is 0. The highest BCUT2D eigenvalue weighted by molar-refractivity contribution is 5.90. The van der Waals surface area contributed by atoms with Crippen molar-refractivity contribution in [1.82, 2.24) is 0 Å². The molecule has 17 nitrogen and oxygen atoms in total. The molecule has 0 aromatic heterocycles. The molecule has 8 atom stereocenters. The first-order chi connectivity index (χ1) is 18.5. The molecule has 4 N–H and O–H groups in total. The molecule has 4 rings (SSSR count).